The van der Waals surface area contributed by atoms with Gasteiger partial charge in [0.05, 0.1) is 11.3 Å². The predicted molar refractivity (Wildman–Crippen MR) is 97.9 cm³/mol. The van der Waals surface area contributed by atoms with Crippen LogP contribution in [0.3, 0.4) is 0 Å². The molecule has 0 unspecified atom stereocenters. The molecule has 6 heteroatoms. The summed E-state index contributed by atoms with van der Waals surface area (Å²) in [5.41, 5.74) is 3.93. The first-order valence-corrected chi connectivity index (χ1v) is 7.78. The first-order valence-electron chi connectivity index (χ1n) is 7.78. The molecule has 0 atom stereocenters. The van der Waals surface area contributed by atoms with Crippen LogP contribution in [0.5, 0.6) is 0 Å². The average Bonchev–Trinajstić information content (AvgIpc) is 2.58. The van der Waals surface area contributed by atoms with Gasteiger partial charge in [0.1, 0.15) is 18.0 Å². The van der Waals surface area contributed by atoms with Crippen LogP contribution in [-0.4, -0.2) is 21.0 Å². The number of carbonyl (C=O) groups is 1. The highest BCUT2D eigenvalue weighted by Crippen LogP contribution is 2.23. The van der Waals surface area contributed by atoms with Gasteiger partial charge in [0, 0.05) is 11.8 Å². The van der Waals surface area contributed by atoms with E-state index < -0.39 is 5.97 Å². The van der Waals surface area contributed by atoms with Gasteiger partial charge in [0.15, 0.2) is 0 Å². The molecule has 3 rings (SSSR count). The first-order chi connectivity index (χ1) is 12.0. The van der Waals surface area contributed by atoms with Crippen molar-refractivity contribution in [1.82, 2.24) is 9.97 Å². The van der Waals surface area contributed by atoms with Crippen LogP contribution >= 0.6 is 0 Å². The van der Waals surface area contributed by atoms with Crippen LogP contribution < -0.4 is 10.6 Å². The number of benzene rings is 2. The molecule has 1 heterocycles. The van der Waals surface area contributed by atoms with Crippen LogP contribution in [0.2, 0.25) is 0 Å². The highest BCUT2D eigenvalue weighted by Gasteiger charge is 2.10. The summed E-state index contributed by atoms with van der Waals surface area (Å²) in [4.78, 5) is 19.7. The molecule has 1 aromatic heterocycles. The standard InChI is InChI=1S/C19H18N4O2/c1-12-7-8-15(13(2)9-12)22-17-10-18(21-11-20-17)23-16-6-4-3-5-14(16)19(24)25/h3-11H,1-2H3,(H,24,25)(H2,20,21,22,23). The Morgan fingerprint density at radius 2 is 1.60 bits per heavy atom. The lowest BCUT2D eigenvalue weighted by molar-refractivity contribution is 0.0698. The maximum Gasteiger partial charge on any atom is 0.337 e. The van der Waals surface area contributed by atoms with Crippen LogP contribution in [0.15, 0.2) is 54.9 Å². The third-order valence-corrected chi connectivity index (χ3v) is 3.73. The summed E-state index contributed by atoms with van der Waals surface area (Å²) in [6.07, 6.45) is 1.43. The molecule has 0 aliphatic carbocycles. The Bertz CT molecular complexity index is 925. The van der Waals surface area contributed by atoms with Crippen LogP contribution in [-0.2, 0) is 0 Å². The molecule has 0 radical (unpaired) electrons. The van der Waals surface area contributed by atoms with Gasteiger partial charge in [0.25, 0.3) is 0 Å². The number of anilines is 4. The van der Waals surface area contributed by atoms with Gasteiger partial charge in [-0.05, 0) is 37.6 Å². The van der Waals surface area contributed by atoms with E-state index in [-0.39, 0.29) is 5.56 Å². The predicted octanol–water partition coefficient (Wildman–Crippen LogP) is 4.28. The molecule has 6 nitrogen and oxygen atoms in total. The summed E-state index contributed by atoms with van der Waals surface area (Å²) in [6.45, 7) is 4.07. The fourth-order valence-electron chi connectivity index (χ4n) is 2.50. The minimum atomic E-state index is -0.995. The molecule has 25 heavy (non-hydrogen) atoms. The van der Waals surface area contributed by atoms with Crippen molar-refractivity contribution in [1.29, 1.82) is 0 Å². The van der Waals surface area contributed by atoms with Gasteiger partial charge in [0.2, 0.25) is 0 Å². The van der Waals surface area contributed by atoms with Gasteiger partial charge in [-0.3, -0.25) is 0 Å². The minimum absolute atomic E-state index is 0.185. The van der Waals surface area contributed by atoms with Crippen molar-refractivity contribution in [2.75, 3.05) is 10.6 Å². The van der Waals surface area contributed by atoms with E-state index in [1.165, 1.54) is 11.9 Å². The minimum Gasteiger partial charge on any atom is -0.478 e. The number of carboxylic acid groups (broad SMARTS) is 1. The molecule has 0 amide bonds. The fraction of sp³-hybridized carbons (Fsp3) is 0.105. The molecule has 3 aromatic rings. The van der Waals surface area contributed by atoms with E-state index in [0.29, 0.717) is 17.3 Å². The maximum absolute atomic E-state index is 11.3. The van der Waals surface area contributed by atoms with Crippen LogP contribution in [0.4, 0.5) is 23.0 Å². The number of para-hydroxylation sites is 1. The van der Waals surface area contributed by atoms with Crippen LogP contribution in [0.1, 0.15) is 21.5 Å². The van der Waals surface area contributed by atoms with Gasteiger partial charge in [-0.25, -0.2) is 14.8 Å². The molecule has 0 spiro atoms. The Kier molecular flexibility index (Phi) is 4.61. The summed E-state index contributed by atoms with van der Waals surface area (Å²) in [5.74, 6) is 0.138. The zero-order valence-electron chi connectivity index (χ0n) is 13.9. The number of aryl methyl sites for hydroxylation is 2. The van der Waals surface area contributed by atoms with Crippen LogP contribution in [0.25, 0.3) is 0 Å². The largest absolute Gasteiger partial charge is 0.478 e. The Morgan fingerprint density at radius 3 is 2.28 bits per heavy atom. The molecular formula is C19H18N4O2. The van der Waals surface area contributed by atoms with E-state index in [4.69, 9.17) is 0 Å². The van der Waals surface area contributed by atoms with E-state index in [2.05, 4.69) is 26.7 Å². The molecular weight excluding hydrogens is 316 g/mol. The van der Waals surface area contributed by atoms with Crippen molar-refractivity contribution >= 4 is 29.0 Å². The summed E-state index contributed by atoms with van der Waals surface area (Å²) in [6, 6.07) is 14.5. The van der Waals surface area contributed by atoms with Gasteiger partial charge < -0.3 is 15.7 Å². The monoisotopic (exact) mass is 334 g/mol. The van der Waals surface area contributed by atoms with Crippen molar-refractivity contribution < 1.29 is 9.90 Å². The Labute approximate surface area is 145 Å². The van der Waals surface area contributed by atoms with E-state index in [1.807, 2.05) is 26.0 Å². The summed E-state index contributed by atoms with van der Waals surface area (Å²) in [5, 5.41) is 15.5. The van der Waals surface area contributed by atoms with Gasteiger partial charge in [-0.2, -0.15) is 0 Å². The third-order valence-electron chi connectivity index (χ3n) is 3.73. The second-order valence-electron chi connectivity index (χ2n) is 5.71. The van der Waals surface area contributed by atoms with Crippen molar-refractivity contribution in [2.24, 2.45) is 0 Å². The van der Waals surface area contributed by atoms with Crippen molar-refractivity contribution in [2.45, 2.75) is 13.8 Å². The Balaban J connectivity index is 1.84. The highest BCUT2D eigenvalue weighted by molar-refractivity contribution is 5.95. The molecule has 0 fully saturated rings. The normalized spacial score (nSPS) is 10.3. The molecule has 0 aliphatic rings. The number of rotatable bonds is 5. The lowest BCUT2D eigenvalue weighted by Gasteiger charge is -2.12. The van der Waals surface area contributed by atoms with E-state index in [0.717, 1.165) is 11.3 Å². The highest BCUT2D eigenvalue weighted by atomic mass is 16.4. The molecule has 2 aromatic carbocycles. The maximum atomic E-state index is 11.3. The SMILES string of the molecule is Cc1ccc(Nc2cc(Nc3ccccc3C(=O)O)ncn2)c(C)c1. The molecule has 3 N–H and O–H groups in total. The van der Waals surface area contributed by atoms with E-state index in [9.17, 15) is 9.90 Å². The number of carboxylic acids is 1. The summed E-state index contributed by atoms with van der Waals surface area (Å²) >= 11 is 0. The number of nitrogens with zero attached hydrogens (tertiary/aromatic N) is 2. The topological polar surface area (TPSA) is 87.1 Å². The molecule has 0 saturated heterocycles. The zero-order chi connectivity index (χ0) is 17.8. The van der Waals surface area contributed by atoms with Crippen LogP contribution in [0, 0.1) is 13.8 Å². The third kappa shape index (κ3) is 3.92. The molecule has 126 valence electrons. The lowest BCUT2D eigenvalue weighted by atomic mass is 10.1. The summed E-state index contributed by atoms with van der Waals surface area (Å²) in [7, 11) is 0. The second kappa shape index (κ2) is 7.00. The van der Waals surface area contributed by atoms with Crippen molar-refractivity contribution in [3.8, 4) is 0 Å². The van der Waals surface area contributed by atoms with Gasteiger partial charge >= 0.3 is 5.97 Å². The summed E-state index contributed by atoms with van der Waals surface area (Å²) < 4.78 is 0. The number of nitrogens with one attached hydrogen (secondary N) is 2. The van der Waals surface area contributed by atoms with Gasteiger partial charge in [-0.1, -0.05) is 29.8 Å². The second-order valence-corrected chi connectivity index (χ2v) is 5.71. The number of hydrogen-bond acceptors (Lipinski definition) is 5. The quantitative estimate of drug-likeness (QED) is 0.645. The molecule has 0 aliphatic heterocycles. The van der Waals surface area contributed by atoms with Crippen molar-refractivity contribution in [3.63, 3.8) is 0 Å². The zero-order valence-corrected chi connectivity index (χ0v) is 13.9. The van der Waals surface area contributed by atoms with Gasteiger partial charge in [-0.15, -0.1) is 0 Å². The smallest absolute Gasteiger partial charge is 0.337 e. The number of aromatic carboxylic acids is 1. The number of hydrogen-bond donors (Lipinski definition) is 3. The first kappa shape index (κ1) is 16.4. The Morgan fingerprint density at radius 1 is 0.920 bits per heavy atom. The fourth-order valence-corrected chi connectivity index (χ4v) is 2.50. The van der Waals surface area contributed by atoms with E-state index >= 15 is 0 Å². The van der Waals surface area contributed by atoms with E-state index in [1.54, 1.807) is 30.3 Å². The molecule has 0 bridgehead atoms. The molecule has 0 saturated carbocycles. The average molecular weight is 334 g/mol. The number of aromatic nitrogens is 2. The lowest BCUT2D eigenvalue weighted by Crippen LogP contribution is -2.04. The Hall–Kier alpha value is -3.41. The van der Waals surface area contributed by atoms with Crippen molar-refractivity contribution in [3.05, 3.63) is 71.5 Å².